The Morgan fingerprint density at radius 2 is 2.06 bits per heavy atom. The van der Waals surface area contributed by atoms with E-state index in [4.69, 9.17) is 5.73 Å². The first-order valence-corrected chi connectivity index (χ1v) is 5.09. The lowest BCUT2D eigenvalue weighted by Gasteiger charge is -2.07. The maximum absolute atomic E-state index is 5.47. The van der Waals surface area contributed by atoms with Crippen LogP contribution in [0.5, 0.6) is 0 Å². The molecule has 0 saturated heterocycles. The molecule has 0 spiro atoms. The number of aryl methyl sites for hydroxylation is 1. The van der Waals surface area contributed by atoms with E-state index in [9.17, 15) is 0 Å². The van der Waals surface area contributed by atoms with Crippen molar-refractivity contribution in [1.29, 1.82) is 0 Å². The Hall–Kier alpha value is -1.98. The van der Waals surface area contributed by atoms with Crippen molar-refractivity contribution in [2.24, 2.45) is 0 Å². The summed E-state index contributed by atoms with van der Waals surface area (Å²) in [5.74, 6) is 2.01. The normalized spacial score (nSPS) is 11.0. The van der Waals surface area contributed by atoms with Crippen LogP contribution in [0.15, 0.2) is 12.4 Å². The summed E-state index contributed by atoms with van der Waals surface area (Å²) in [5, 5.41) is 4.02. The average molecular weight is 218 g/mol. The van der Waals surface area contributed by atoms with Crippen LogP contribution < -0.4 is 5.73 Å². The highest BCUT2D eigenvalue weighted by Crippen LogP contribution is 2.12. The van der Waals surface area contributed by atoms with Gasteiger partial charge in [0.2, 0.25) is 5.95 Å². The van der Waals surface area contributed by atoms with Crippen molar-refractivity contribution in [1.82, 2.24) is 24.7 Å². The van der Waals surface area contributed by atoms with E-state index in [2.05, 4.69) is 20.1 Å². The van der Waals surface area contributed by atoms with Gasteiger partial charge in [0, 0.05) is 17.7 Å². The summed E-state index contributed by atoms with van der Waals surface area (Å²) in [4.78, 5) is 12.6. The average Bonchev–Trinajstić information content (AvgIpc) is 2.64. The minimum absolute atomic E-state index is 0.238. The summed E-state index contributed by atoms with van der Waals surface area (Å²) in [7, 11) is 0. The van der Waals surface area contributed by atoms with Gasteiger partial charge < -0.3 is 5.73 Å². The van der Waals surface area contributed by atoms with Gasteiger partial charge in [-0.2, -0.15) is 0 Å². The molecule has 2 aromatic rings. The third kappa shape index (κ3) is 2.00. The van der Waals surface area contributed by atoms with Crippen molar-refractivity contribution < 1.29 is 0 Å². The molecule has 16 heavy (non-hydrogen) atoms. The lowest BCUT2D eigenvalue weighted by molar-refractivity contribution is 0.738. The van der Waals surface area contributed by atoms with Crippen molar-refractivity contribution in [3.63, 3.8) is 0 Å². The predicted octanol–water partition coefficient (Wildman–Crippen LogP) is 1.07. The van der Waals surface area contributed by atoms with Crippen molar-refractivity contribution in [3.05, 3.63) is 23.9 Å². The van der Waals surface area contributed by atoms with E-state index in [1.54, 1.807) is 11.0 Å². The third-order valence-electron chi connectivity index (χ3n) is 2.12. The van der Waals surface area contributed by atoms with Crippen LogP contribution in [0.3, 0.4) is 0 Å². The minimum atomic E-state index is 0.238. The summed E-state index contributed by atoms with van der Waals surface area (Å²) in [6, 6.07) is 1.85. The van der Waals surface area contributed by atoms with Crippen LogP contribution in [0.25, 0.3) is 5.82 Å². The summed E-state index contributed by atoms with van der Waals surface area (Å²) in [5.41, 5.74) is 6.37. The van der Waals surface area contributed by atoms with Gasteiger partial charge in [0.25, 0.3) is 0 Å². The van der Waals surface area contributed by atoms with Gasteiger partial charge in [-0.1, -0.05) is 13.8 Å². The van der Waals surface area contributed by atoms with Crippen molar-refractivity contribution in [2.45, 2.75) is 26.7 Å². The molecule has 2 aromatic heterocycles. The van der Waals surface area contributed by atoms with Gasteiger partial charge in [0.15, 0.2) is 5.82 Å². The molecule has 84 valence electrons. The standard InChI is InChI=1S/C10H14N6/c1-6(2)9-13-7(3)4-8(14-9)16-5-12-10(11)15-16/h4-6H,1-3H3,(H2,11,15). The molecule has 6 nitrogen and oxygen atoms in total. The smallest absolute Gasteiger partial charge is 0.239 e. The fourth-order valence-corrected chi connectivity index (χ4v) is 1.34. The largest absolute Gasteiger partial charge is 0.366 e. The predicted molar refractivity (Wildman–Crippen MR) is 60.2 cm³/mol. The number of hydrogen-bond acceptors (Lipinski definition) is 5. The number of nitrogens with zero attached hydrogens (tertiary/aromatic N) is 5. The molecule has 0 unspecified atom stereocenters. The third-order valence-corrected chi connectivity index (χ3v) is 2.12. The van der Waals surface area contributed by atoms with E-state index >= 15 is 0 Å². The van der Waals surface area contributed by atoms with E-state index in [1.807, 2.05) is 26.8 Å². The van der Waals surface area contributed by atoms with Gasteiger partial charge in [-0.25, -0.2) is 19.6 Å². The van der Waals surface area contributed by atoms with E-state index in [1.165, 1.54) is 0 Å². The molecular weight excluding hydrogens is 204 g/mol. The van der Waals surface area contributed by atoms with Gasteiger partial charge in [0.1, 0.15) is 12.2 Å². The number of rotatable bonds is 2. The lowest BCUT2D eigenvalue weighted by Crippen LogP contribution is -2.06. The topological polar surface area (TPSA) is 82.5 Å². The van der Waals surface area contributed by atoms with Crippen LogP contribution in [0.1, 0.15) is 31.3 Å². The monoisotopic (exact) mass is 218 g/mol. The van der Waals surface area contributed by atoms with Crippen LogP contribution in [0, 0.1) is 6.92 Å². The summed E-state index contributed by atoms with van der Waals surface area (Å²) >= 11 is 0. The van der Waals surface area contributed by atoms with E-state index < -0.39 is 0 Å². The molecule has 0 amide bonds. The Morgan fingerprint density at radius 3 is 2.62 bits per heavy atom. The molecule has 6 heteroatoms. The Labute approximate surface area is 93.6 Å². The van der Waals surface area contributed by atoms with Gasteiger partial charge >= 0.3 is 0 Å². The highest BCUT2D eigenvalue weighted by atomic mass is 15.4. The molecule has 0 radical (unpaired) electrons. The van der Waals surface area contributed by atoms with Crippen LogP contribution >= 0.6 is 0 Å². The number of aromatic nitrogens is 5. The number of nitrogen functional groups attached to an aromatic ring is 1. The Bertz CT molecular complexity index is 502. The molecule has 0 bridgehead atoms. The second-order valence-electron chi connectivity index (χ2n) is 3.93. The van der Waals surface area contributed by atoms with Crippen molar-refractivity contribution in [3.8, 4) is 5.82 Å². The zero-order valence-corrected chi connectivity index (χ0v) is 9.55. The van der Waals surface area contributed by atoms with Crippen LogP contribution in [0.2, 0.25) is 0 Å². The van der Waals surface area contributed by atoms with Gasteiger partial charge in [-0.15, -0.1) is 5.10 Å². The SMILES string of the molecule is Cc1cc(-n2cnc(N)n2)nc(C(C)C)n1. The molecule has 0 aliphatic carbocycles. The molecule has 0 aromatic carbocycles. The second kappa shape index (κ2) is 3.88. The van der Waals surface area contributed by atoms with Crippen molar-refractivity contribution in [2.75, 3.05) is 5.73 Å². The summed E-state index contributed by atoms with van der Waals surface area (Å²) < 4.78 is 1.55. The fraction of sp³-hybridized carbons (Fsp3) is 0.400. The number of hydrogen-bond donors (Lipinski definition) is 1. The first kappa shape index (κ1) is 10.5. The maximum Gasteiger partial charge on any atom is 0.239 e. The molecule has 2 rings (SSSR count). The van der Waals surface area contributed by atoms with Crippen LogP contribution in [-0.4, -0.2) is 24.7 Å². The quantitative estimate of drug-likeness (QED) is 0.815. The van der Waals surface area contributed by atoms with Crippen LogP contribution in [0.4, 0.5) is 5.95 Å². The number of anilines is 1. The zero-order chi connectivity index (χ0) is 11.7. The molecular formula is C10H14N6. The molecule has 0 atom stereocenters. The van der Waals surface area contributed by atoms with Gasteiger partial charge in [-0.05, 0) is 6.92 Å². The van der Waals surface area contributed by atoms with E-state index in [0.717, 1.165) is 11.5 Å². The van der Waals surface area contributed by atoms with Crippen LogP contribution in [-0.2, 0) is 0 Å². The zero-order valence-electron chi connectivity index (χ0n) is 9.55. The Kier molecular flexibility index (Phi) is 2.55. The van der Waals surface area contributed by atoms with E-state index in [0.29, 0.717) is 5.82 Å². The summed E-state index contributed by atoms with van der Waals surface area (Å²) in [6.45, 7) is 6.03. The van der Waals surface area contributed by atoms with Crippen molar-refractivity contribution >= 4 is 5.95 Å². The highest BCUT2D eigenvalue weighted by Gasteiger charge is 2.08. The Morgan fingerprint density at radius 1 is 1.31 bits per heavy atom. The summed E-state index contributed by atoms with van der Waals surface area (Å²) in [6.07, 6.45) is 1.54. The molecule has 0 saturated carbocycles. The minimum Gasteiger partial charge on any atom is -0.366 e. The molecule has 0 fully saturated rings. The molecule has 2 heterocycles. The molecule has 0 aliphatic rings. The van der Waals surface area contributed by atoms with Gasteiger partial charge in [0.05, 0.1) is 0 Å². The van der Waals surface area contributed by atoms with E-state index in [-0.39, 0.29) is 11.9 Å². The second-order valence-corrected chi connectivity index (χ2v) is 3.93. The highest BCUT2D eigenvalue weighted by molar-refractivity contribution is 5.25. The maximum atomic E-state index is 5.47. The first-order chi connectivity index (χ1) is 7.56. The lowest BCUT2D eigenvalue weighted by atomic mass is 10.2. The number of nitrogens with two attached hydrogens (primary N) is 1. The fourth-order valence-electron chi connectivity index (χ4n) is 1.34. The Balaban J connectivity index is 2.49. The molecule has 0 aliphatic heterocycles. The van der Waals surface area contributed by atoms with Gasteiger partial charge in [-0.3, -0.25) is 0 Å². The first-order valence-electron chi connectivity index (χ1n) is 5.09. The molecule has 2 N–H and O–H groups in total.